The van der Waals surface area contributed by atoms with E-state index in [-0.39, 0.29) is 17.8 Å². The number of phenolic OH excluding ortho intramolecular Hbond substituents is 1. The normalized spacial score (nSPS) is 23.5. The summed E-state index contributed by atoms with van der Waals surface area (Å²) < 4.78 is 5.97. The van der Waals surface area contributed by atoms with Gasteiger partial charge in [-0.3, -0.25) is 14.8 Å². The summed E-state index contributed by atoms with van der Waals surface area (Å²) in [5.74, 6) is -0.977. The number of anilines is 1. The van der Waals surface area contributed by atoms with Crippen LogP contribution in [-0.2, 0) is 9.59 Å². The number of nitrogens with one attached hydrogen (secondary N) is 1. The highest BCUT2D eigenvalue weighted by Crippen LogP contribution is 2.35. The summed E-state index contributed by atoms with van der Waals surface area (Å²) in [6.45, 7) is 2.69. The first-order valence-electron chi connectivity index (χ1n) is 11.0. The molecule has 32 heavy (non-hydrogen) atoms. The molecule has 8 heteroatoms. The second kappa shape index (κ2) is 9.91. The van der Waals surface area contributed by atoms with Crippen molar-refractivity contribution in [1.82, 2.24) is 10.4 Å². The van der Waals surface area contributed by atoms with Gasteiger partial charge in [0.2, 0.25) is 11.8 Å². The molecule has 1 aliphatic heterocycles. The van der Waals surface area contributed by atoms with Crippen LogP contribution < -0.4 is 15.1 Å². The van der Waals surface area contributed by atoms with E-state index in [1.807, 2.05) is 23.1 Å². The molecule has 2 amide bonds. The van der Waals surface area contributed by atoms with Gasteiger partial charge in [0.25, 0.3) is 0 Å². The van der Waals surface area contributed by atoms with Crippen LogP contribution in [0.15, 0.2) is 54.6 Å². The van der Waals surface area contributed by atoms with Crippen molar-refractivity contribution in [2.24, 2.45) is 11.8 Å². The number of carbonyl (C=O) groups excluding carboxylic acids is 2. The van der Waals surface area contributed by atoms with Gasteiger partial charge in [0.05, 0.1) is 17.9 Å². The molecule has 4 rings (SSSR count). The average Bonchev–Trinajstić information content (AvgIpc) is 2.85. The Morgan fingerprint density at radius 2 is 1.59 bits per heavy atom. The molecule has 0 bridgehead atoms. The van der Waals surface area contributed by atoms with E-state index in [2.05, 4.69) is 17.0 Å². The van der Waals surface area contributed by atoms with Gasteiger partial charge in [-0.1, -0.05) is 18.2 Å². The summed E-state index contributed by atoms with van der Waals surface area (Å²) in [4.78, 5) is 29.8. The second-order valence-corrected chi connectivity index (χ2v) is 8.38. The van der Waals surface area contributed by atoms with Crippen LogP contribution in [0.5, 0.6) is 11.5 Å². The fourth-order valence-electron chi connectivity index (χ4n) is 4.68. The third kappa shape index (κ3) is 4.96. The fourth-order valence-corrected chi connectivity index (χ4v) is 4.68. The number of nitrogens with zero attached hydrogens (tertiary/aromatic N) is 2. The monoisotopic (exact) mass is 439 g/mol. The van der Waals surface area contributed by atoms with Gasteiger partial charge in [-0.15, -0.1) is 0 Å². The fraction of sp³-hybridized carbons (Fsp3) is 0.417. The molecule has 1 saturated carbocycles. The molecule has 3 N–H and O–H groups in total. The van der Waals surface area contributed by atoms with E-state index < -0.39 is 17.7 Å². The van der Waals surface area contributed by atoms with E-state index in [1.54, 1.807) is 17.6 Å². The molecule has 1 unspecified atom stereocenters. The van der Waals surface area contributed by atoms with Crippen LogP contribution in [0.25, 0.3) is 0 Å². The topological polar surface area (TPSA) is 102 Å². The minimum Gasteiger partial charge on any atom is -0.508 e. The summed E-state index contributed by atoms with van der Waals surface area (Å²) in [7, 11) is 0. The van der Waals surface area contributed by atoms with Crippen LogP contribution in [0.2, 0.25) is 0 Å². The molecule has 2 aromatic rings. The Balaban J connectivity index is 1.38. The number of piperazine rings is 1. The number of amides is 2. The summed E-state index contributed by atoms with van der Waals surface area (Å²) in [5.41, 5.74) is 2.88. The number of hydrogen-bond donors (Lipinski definition) is 3. The van der Waals surface area contributed by atoms with Gasteiger partial charge in [-0.05, 0) is 55.7 Å². The molecular formula is C24H29N3O5. The highest BCUT2D eigenvalue weighted by Gasteiger charge is 2.42. The molecule has 2 aromatic carbocycles. The molecular weight excluding hydrogens is 410 g/mol. The number of aromatic hydroxyl groups is 1. The molecule has 0 radical (unpaired) electrons. The zero-order chi connectivity index (χ0) is 22.5. The number of hydroxylamine groups is 1. The summed E-state index contributed by atoms with van der Waals surface area (Å²) in [5, 5.41) is 18.7. The zero-order valence-electron chi connectivity index (χ0n) is 17.9. The van der Waals surface area contributed by atoms with Gasteiger partial charge in [-0.25, -0.2) is 5.48 Å². The predicted molar refractivity (Wildman–Crippen MR) is 119 cm³/mol. The first-order chi connectivity index (χ1) is 15.5. The van der Waals surface area contributed by atoms with Crippen molar-refractivity contribution < 1.29 is 24.6 Å². The number of para-hydroxylation sites is 1. The summed E-state index contributed by atoms with van der Waals surface area (Å²) >= 11 is 0. The van der Waals surface area contributed by atoms with E-state index in [1.165, 1.54) is 12.1 Å². The lowest BCUT2D eigenvalue weighted by molar-refractivity contribution is -0.148. The van der Waals surface area contributed by atoms with Crippen molar-refractivity contribution in [3.05, 3.63) is 54.6 Å². The lowest BCUT2D eigenvalue weighted by Gasteiger charge is -2.40. The summed E-state index contributed by atoms with van der Waals surface area (Å²) in [6, 6.07) is 16.5. The standard InChI is InChI=1S/C24H29N3O5/c28-18-6-8-19(9-7-18)32-20-10-11-21(22(16-20)23(29)25-31)24(30)27-14-12-26(13-15-27)17-4-2-1-3-5-17/h1-9,20-22,28,31H,10-16H2,(H,25,29)/t20?,21-,22-/m0/s1. The average molecular weight is 440 g/mol. The van der Waals surface area contributed by atoms with Crippen LogP contribution in [0, 0.1) is 11.8 Å². The lowest BCUT2D eigenvalue weighted by Crippen LogP contribution is -2.53. The maximum Gasteiger partial charge on any atom is 0.247 e. The van der Waals surface area contributed by atoms with Gasteiger partial charge < -0.3 is 19.6 Å². The largest absolute Gasteiger partial charge is 0.508 e. The third-order valence-corrected chi connectivity index (χ3v) is 6.42. The van der Waals surface area contributed by atoms with E-state index in [4.69, 9.17) is 4.74 Å². The molecule has 2 aliphatic rings. The van der Waals surface area contributed by atoms with Crippen LogP contribution in [0.1, 0.15) is 19.3 Å². The first kappa shape index (κ1) is 22.0. The van der Waals surface area contributed by atoms with E-state index in [0.717, 1.165) is 18.8 Å². The van der Waals surface area contributed by atoms with Crippen molar-refractivity contribution in [2.45, 2.75) is 25.4 Å². The van der Waals surface area contributed by atoms with Gasteiger partial charge in [0.15, 0.2) is 0 Å². The minimum atomic E-state index is -0.657. The molecule has 3 atom stereocenters. The maximum atomic E-state index is 13.3. The third-order valence-electron chi connectivity index (χ3n) is 6.42. The number of ether oxygens (including phenoxy) is 1. The molecule has 0 aromatic heterocycles. The number of benzene rings is 2. The molecule has 1 saturated heterocycles. The quantitative estimate of drug-likeness (QED) is 0.489. The van der Waals surface area contributed by atoms with E-state index in [0.29, 0.717) is 38.1 Å². The zero-order valence-corrected chi connectivity index (χ0v) is 17.9. The van der Waals surface area contributed by atoms with Gasteiger partial charge in [0, 0.05) is 31.9 Å². The van der Waals surface area contributed by atoms with Crippen molar-refractivity contribution in [3.63, 3.8) is 0 Å². The number of rotatable bonds is 5. The second-order valence-electron chi connectivity index (χ2n) is 8.38. The Morgan fingerprint density at radius 3 is 2.25 bits per heavy atom. The van der Waals surface area contributed by atoms with Crippen LogP contribution in [-0.4, -0.2) is 59.3 Å². The van der Waals surface area contributed by atoms with Crippen molar-refractivity contribution in [3.8, 4) is 11.5 Å². The van der Waals surface area contributed by atoms with Crippen molar-refractivity contribution >= 4 is 17.5 Å². The Labute approximate surface area is 187 Å². The smallest absolute Gasteiger partial charge is 0.247 e. The van der Waals surface area contributed by atoms with Crippen LogP contribution in [0.4, 0.5) is 5.69 Å². The SMILES string of the molecule is O=C(NO)[C@H]1CC(Oc2ccc(O)cc2)CC[C@@H]1C(=O)N1CCN(c2ccccc2)CC1. The van der Waals surface area contributed by atoms with E-state index >= 15 is 0 Å². The molecule has 170 valence electrons. The predicted octanol–water partition coefficient (Wildman–Crippen LogP) is 2.41. The number of hydrogen-bond acceptors (Lipinski definition) is 6. The molecule has 0 spiro atoms. The Morgan fingerprint density at radius 1 is 0.906 bits per heavy atom. The van der Waals surface area contributed by atoms with Crippen LogP contribution >= 0.6 is 0 Å². The molecule has 8 nitrogen and oxygen atoms in total. The maximum absolute atomic E-state index is 13.3. The number of carbonyl (C=O) groups is 2. The first-order valence-corrected chi connectivity index (χ1v) is 11.0. The molecule has 1 aliphatic carbocycles. The van der Waals surface area contributed by atoms with Crippen LogP contribution in [0.3, 0.4) is 0 Å². The van der Waals surface area contributed by atoms with Crippen molar-refractivity contribution in [2.75, 3.05) is 31.1 Å². The highest BCUT2D eigenvalue weighted by atomic mass is 16.5. The minimum absolute atomic E-state index is 0.0330. The Hall–Kier alpha value is -3.26. The van der Waals surface area contributed by atoms with Gasteiger partial charge in [0.1, 0.15) is 11.5 Å². The lowest BCUT2D eigenvalue weighted by atomic mass is 9.76. The van der Waals surface area contributed by atoms with Crippen molar-refractivity contribution in [1.29, 1.82) is 0 Å². The van der Waals surface area contributed by atoms with E-state index in [9.17, 15) is 19.9 Å². The molecule has 2 fully saturated rings. The Bertz CT molecular complexity index is 913. The highest BCUT2D eigenvalue weighted by molar-refractivity contribution is 5.87. The molecule has 1 heterocycles. The van der Waals surface area contributed by atoms with Gasteiger partial charge in [-0.2, -0.15) is 0 Å². The summed E-state index contributed by atoms with van der Waals surface area (Å²) in [6.07, 6.45) is 1.24. The number of phenols is 1. The van der Waals surface area contributed by atoms with Gasteiger partial charge >= 0.3 is 0 Å². The Kier molecular flexibility index (Phi) is 6.80.